The Balaban J connectivity index is 1.62. The molecular formula is C26H19Cl2F3N4O5. The van der Waals surface area contributed by atoms with Crippen LogP contribution in [0.2, 0.25) is 10.0 Å². The van der Waals surface area contributed by atoms with Gasteiger partial charge in [-0.05, 0) is 30.3 Å². The van der Waals surface area contributed by atoms with Crippen LogP contribution in [0.1, 0.15) is 57.6 Å². The molecule has 9 nitrogen and oxygen atoms in total. The fourth-order valence-corrected chi connectivity index (χ4v) is 4.27. The normalized spacial score (nSPS) is 11.5. The third-order valence-electron chi connectivity index (χ3n) is 5.53. The predicted molar refractivity (Wildman–Crippen MR) is 139 cm³/mol. The lowest BCUT2D eigenvalue weighted by molar-refractivity contribution is -0.141. The highest BCUT2D eigenvalue weighted by Crippen LogP contribution is 2.39. The van der Waals surface area contributed by atoms with Crippen LogP contribution in [-0.2, 0) is 12.8 Å². The molecule has 14 heteroatoms. The zero-order chi connectivity index (χ0) is 29.2. The summed E-state index contributed by atoms with van der Waals surface area (Å²) in [5.74, 6) is -2.59. The molecule has 0 spiro atoms. The van der Waals surface area contributed by atoms with Crippen molar-refractivity contribution < 1.29 is 37.1 Å². The van der Waals surface area contributed by atoms with Crippen LogP contribution in [0.4, 0.5) is 18.9 Å². The fraction of sp³-hybridized carbons (Fsp3) is 0.192. The Labute approximate surface area is 234 Å². The highest BCUT2D eigenvalue weighted by atomic mass is 35.5. The van der Waals surface area contributed by atoms with E-state index in [4.69, 9.17) is 37.6 Å². The van der Waals surface area contributed by atoms with Gasteiger partial charge in [-0.15, -0.1) is 0 Å². The molecule has 0 unspecified atom stereocenters. The molecule has 0 saturated carbocycles. The van der Waals surface area contributed by atoms with E-state index in [1.165, 1.54) is 6.07 Å². The molecule has 0 radical (unpaired) electrons. The third-order valence-corrected chi connectivity index (χ3v) is 6.16. The van der Waals surface area contributed by atoms with E-state index in [-0.39, 0.29) is 39.6 Å². The van der Waals surface area contributed by atoms with Gasteiger partial charge in [-0.3, -0.25) is 4.79 Å². The third kappa shape index (κ3) is 6.18. The van der Waals surface area contributed by atoms with E-state index in [2.05, 4.69) is 20.4 Å². The SMILES string of the molecule is CC(C)c1onc(-c2c(Cl)cccc2Cl)c1COc1ccc(C(=O)Nc2ccc(C(=O)O)nc2)c(C(F)(F)F)n1. The van der Waals surface area contributed by atoms with Crippen LogP contribution in [0.5, 0.6) is 5.88 Å². The molecule has 4 aromatic rings. The van der Waals surface area contributed by atoms with Gasteiger partial charge in [0.2, 0.25) is 5.88 Å². The number of carbonyl (C=O) groups is 2. The fourth-order valence-electron chi connectivity index (χ4n) is 3.70. The molecule has 208 valence electrons. The Bertz CT molecular complexity index is 1550. The molecule has 40 heavy (non-hydrogen) atoms. The molecule has 0 atom stereocenters. The number of alkyl halides is 3. The van der Waals surface area contributed by atoms with Crippen LogP contribution in [0.3, 0.4) is 0 Å². The standard InChI is InChI=1S/C26H19Cl2F3N4O5/c1-12(2)22-15(21(35-40-22)20-16(27)4-3-5-17(20)28)11-39-19-9-7-14(23(34-19)26(29,30)31)24(36)33-13-6-8-18(25(37)38)32-10-13/h3-10,12H,11H2,1-2H3,(H,33,36)(H,37,38). The smallest absolute Gasteiger partial charge is 0.434 e. The quantitative estimate of drug-likeness (QED) is 0.221. The van der Waals surface area contributed by atoms with Crippen molar-refractivity contribution in [3.05, 3.63) is 87.0 Å². The number of rotatable bonds is 8. The second-order valence-electron chi connectivity index (χ2n) is 8.65. The van der Waals surface area contributed by atoms with Gasteiger partial charge in [-0.1, -0.05) is 48.3 Å². The second-order valence-corrected chi connectivity index (χ2v) is 9.46. The number of ether oxygens (including phenoxy) is 1. The largest absolute Gasteiger partial charge is 0.477 e. The number of pyridine rings is 2. The first-order valence-electron chi connectivity index (χ1n) is 11.5. The Morgan fingerprint density at radius 2 is 1.80 bits per heavy atom. The van der Waals surface area contributed by atoms with Crippen molar-refractivity contribution in [1.82, 2.24) is 15.1 Å². The lowest BCUT2D eigenvalue weighted by Gasteiger charge is -2.14. The minimum atomic E-state index is -5.01. The number of halogens is 5. The Hall–Kier alpha value is -4.16. The maximum absolute atomic E-state index is 13.9. The van der Waals surface area contributed by atoms with E-state index in [1.54, 1.807) is 18.2 Å². The number of amides is 1. The number of carboxylic acids is 1. The first-order chi connectivity index (χ1) is 18.9. The summed E-state index contributed by atoms with van der Waals surface area (Å²) in [6.45, 7) is 3.38. The number of hydrogen-bond donors (Lipinski definition) is 2. The summed E-state index contributed by atoms with van der Waals surface area (Å²) < 4.78 is 52.8. The minimum absolute atomic E-state index is 0.0112. The van der Waals surface area contributed by atoms with Gasteiger partial charge in [0, 0.05) is 17.5 Å². The number of nitrogens with one attached hydrogen (secondary N) is 1. The van der Waals surface area contributed by atoms with Gasteiger partial charge in [0.25, 0.3) is 5.91 Å². The van der Waals surface area contributed by atoms with Crippen molar-refractivity contribution in [3.8, 4) is 17.1 Å². The van der Waals surface area contributed by atoms with Gasteiger partial charge < -0.3 is 19.7 Å². The molecule has 4 rings (SSSR count). The maximum Gasteiger partial charge on any atom is 0.434 e. The van der Waals surface area contributed by atoms with Crippen molar-refractivity contribution in [2.45, 2.75) is 32.5 Å². The second kappa shape index (κ2) is 11.5. The molecule has 1 aromatic carbocycles. The van der Waals surface area contributed by atoms with E-state index in [0.29, 0.717) is 16.9 Å². The summed E-state index contributed by atoms with van der Waals surface area (Å²) >= 11 is 12.7. The summed E-state index contributed by atoms with van der Waals surface area (Å²) in [5, 5.41) is 15.8. The van der Waals surface area contributed by atoms with E-state index >= 15 is 0 Å². The molecule has 0 aliphatic rings. The van der Waals surface area contributed by atoms with Gasteiger partial charge in [-0.25, -0.2) is 14.8 Å². The van der Waals surface area contributed by atoms with Gasteiger partial charge in [0.1, 0.15) is 23.8 Å². The maximum atomic E-state index is 13.9. The minimum Gasteiger partial charge on any atom is -0.477 e. The average Bonchev–Trinajstić information content (AvgIpc) is 3.30. The summed E-state index contributed by atoms with van der Waals surface area (Å²) in [5.41, 5.74) is -1.51. The van der Waals surface area contributed by atoms with Crippen LogP contribution >= 0.6 is 23.2 Å². The average molecular weight is 595 g/mol. The van der Waals surface area contributed by atoms with E-state index in [0.717, 1.165) is 24.4 Å². The van der Waals surface area contributed by atoms with Crippen LogP contribution in [0.15, 0.2) is 53.2 Å². The molecule has 0 saturated heterocycles. The number of benzene rings is 1. The van der Waals surface area contributed by atoms with E-state index in [1.807, 2.05) is 13.8 Å². The molecule has 0 aliphatic heterocycles. The van der Waals surface area contributed by atoms with Crippen molar-refractivity contribution in [2.24, 2.45) is 0 Å². The summed E-state index contributed by atoms with van der Waals surface area (Å²) in [7, 11) is 0. The number of nitrogens with zero attached hydrogens (tertiary/aromatic N) is 3. The van der Waals surface area contributed by atoms with Crippen molar-refractivity contribution in [1.29, 1.82) is 0 Å². The number of hydrogen-bond acceptors (Lipinski definition) is 7. The Kier molecular flexibility index (Phi) is 8.31. The highest BCUT2D eigenvalue weighted by Gasteiger charge is 2.38. The lowest BCUT2D eigenvalue weighted by atomic mass is 10.0. The summed E-state index contributed by atoms with van der Waals surface area (Å²) in [6, 6.07) is 9.18. The van der Waals surface area contributed by atoms with Gasteiger partial charge in [0.05, 0.1) is 33.1 Å². The van der Waals surface area contributed by atoms with Crippen molar-refractivity contribution in [3.63, 3.8) is 0 Å². The van der Waals surface area contributed by atoms with Crippen molar-refractivity contribution >= 4 is 40.8 Å². The first kappa shape index (κ1) is 28.8. The molecule has 2 N–H and O–H groups in total. The van der Waals surface area contributed by atoms with E-state index in [9.17, 15) is 22.8 Å². The van der Waals surface area contributed by atoms with E-state index < -0.39 is 35.2 Å². The summed E-state index contributed by atoms with van der Waals surface area (Å²) in [4.78, 5) is 30.8. The molecular weight excluding hydrogens is 576 g/mol. The molecule has 3 aromatic heterocycles. The Morgan fingerprint density at radius 1 is 1.10 bits per heavy atom. The van der Waals surface area contributed by atoms with Crippen LogP contribution in [0, 0.1) is 0 Å². The topological polar surface area (TPSA) is 127 Å². The molecule has 3 heterocycles. The summed E-state index contributed by atoms with van der Waals surface area (Å²) in [6.07, 6.45) is -4.00. The number of carboxylic acid groups (broad SMARTS) is 1. The predicted octanol–water partition coefficient (Wildman–Crippen LogP) is 7.11. The first-order valence-corrected chi connectivity index (χ1v) is 12.3. The number of anilines is 1. The molecule has 0 bridgehead atoms. The van der Waals surface area contributed by atoms with Gasteiger partial charge >= 0.3 is 12.1 Å². The molecule has 0 fully saturated rings. The molecule has 1 amide bonds. The van der Waals surface area contributed by atoms with Gasteiger partial charge in [0.15, 0.2) is 5.69 Å². The Morgan fingerprint density at radius 3 is 2.38 bits per heavy atom. The van der Waals surface area contributed by atoms with Crippen LogP contribution in [-0.4, -0.2) is 32.1 Å². The lowest BCUT2D eigenvalue weighted by Crippen LogP contribution is -2.21. The number of aromatic nitrogens is 3. The number of aromatic carboxylic acids is 1. The zero-order valence-electron chi connectivity index (χ0n) is 20.7. The van der Waals surface area contributed by atoms with Crippen LogP contribution in [0.25, 0.3) is 11.3 Å². The van der Waals surface area contributed by atoms with Crippen molar-refractivity contribution in [2.75, 3.05) is 5.32 Å². The zero-order valence-corrected chi connectivity index (χ0v) is 22.2. The van der Waals surface area contributed by atoms with Gasteiger partial charge in [-0.2, -0.15) is 13.2 Å². The molecule has 0 aliphatic carbocycles. The highest BCUT2D eigenvalue weighted by molar-refractivity contribution is 6.39. The monoisotopic (exact) mass is 594 g/mol. The number of carbonyl (C=O) groups excluding carboxylic acids is 1. The van der Waals surface area contributed by atoms with Crippen LogP contribution < -0.4 is 10.1 Å².